The van der Waals surface area contributed by atoms with E-state index in [2.05, 4.69) is 5.32 Å². The Kier molecular flexibility index (Phi) is 2.64. The molecule has 5 heteroatoms. The van der Waals surface area contributed by atoms with Gasteiger partial charge in [0, 0.05) is 0 Å². The Morgan fingerprint density at radius 3 is 3.19 bits per heavy atom. The Hall–Kier alpha value is -2.22. The number of carbonyl (C=O) groups is 1. The Labute approximate surface area is 92.3 Å². The predicted molar refractivity (Wildman–Crippen MR) is 56.3 cm³/mol. The van der Waals surface area contributed by atoms with Gasteiger partial charge < -0.3 is 15.2 Å². The lowest BCUT2D eigenvalue weighted by Gasteiger charge is -2.26. The second kappa shape index (κ2) is 4.11. The summed E-state index contributed by atoms with van der Waals surface area (Å²) in [5, 5.41) is 20.6. The van der Waals surface area contributed by atoms with E-state index in [9.17, 15) is 4.79 Å². The van der Waals surface area contributed by atoms with E-state index in [1.165, 1.54) is 0 Å². The zero-order chi connectivity index (χ0) is 11.5. The molecule has 0 amide bonds. The standard InChI is InChI=1S/C11H10N2O3/c12-5-7-2-1-3-9-11(7)16-6-8(13-9)4-10(14)15/h1-3,8,13H,4,6H2,(H,14,15). The van der Waals surface area contributed by atoms with Crippen molar-refractivity contribution in [3.63, 3.8) is 0 Å². The van der Waals surface area contributed by atoms with E-state index in [0.717, 1.165) is 0 Å². The number of benzene rings is 1. The maximum atomic E-state index is 10.6. The molecule has 0 spiro atoms. The Balaban J connectivity index is 2.22. The van der Waals surface area contributed by atoms with E-state index in [0.29, 0.717) is 17.0 Å². The zero-order valence-electron chi connectivity index (χ0n) is 8.43. The van der Waals surface area contributed by atoms with Crippen LogP contribution in [0.2, 0.25) is 0 Å². The van der Waals surface area contributed by atoms with Crippen molar-refractivity contribution in [1.82, 2.24) is 0 Å². The summed E-state index contributed by atoms with van der Waals surface area (Å²) >= 11 is 0. The summed E-state index contributed by atoms with van der Waals surface area (Å²) in [6.45, 7) is 0.262. The van der Waals surface area contributed by atoms with Crippen LogP contribution < -0.4 is 10.1 Å². The van der Waals surface area contributed by atoms with Crippen LogP contribution in [0.15, 0.2) is 18.2 Å². The second-order valence-electron chi connectivity index (χ2n) is 3.54. The van der Waals surface area contributed by atoms with Gasteiger partial charge in [-0.1, -0.05) is 6.07 Å². The fraction of sp³-hybridized carbons (Fsp3) is 0.273. The van der Waals surface area contributed by atoms with Gasteiger partial charge in [-0.25, -0.2) is 0 Å². The molecule has 1 aliphatic heterocycles. The van der Waals surface area contributed by atoms with Gasteiger partial charge in [0.2, 0.25) is 0 Å². The van der Waals surface area contributed by atoms with Crippen LogP contribution in [-0.4, -0.2) is 23.7 Å². The van der Waals surface area contributed by atoms with Gasteiger partial charge in [0.15, 0.2) is 5.75 Å². The molecular weight excluding hydrogens is 208 g/mol. The smallest absolute Gasteiger partial charge is 0.305 e. The van der Waals surface area contributed by atoms with E-state index in [1.807, 2.05) is 6.07 Å². The van der Waals surface area contributed by atoms with Gasteiger partial charge in [0.25, 0.3) is 0 Å². The predicted octanol–water partition coefficient (Wildman–Crippen LogP) is 1.21. The molecule has 1 unspecified atom stereocenters. The average molecular weight is 218 g/mol. The normalized spacial score (nSPS) is 17.6. The summed E-state index contributed by atoms with van der Waals surface area (Å²) in [7, 11) is 0. The van der Waals surface area contributed by atoms with Crippen LogP contribution in [0.1, 0.15) is 12.0 Å². The molecule has 5 nitrogen and oxygen atoms in total. The second-order valence-corrected chi connectivity index (χ2v) is 3.54. The lowest BCUT2D eigenvalue weighted by Crippen LogP contribution is -2.33. The molecule has 0 saturated heterocycles. The lowest BCUT2D eigenvalue weighted by atomic mass is 10.1. The van der Waals surface area contributed by atoms with Crippen molar-refractivity contribution in [2.75, 3.05) is 11.9 Å². The summed E-state index contributed by atoms with van der Waals surface area (Å²) in [6, 6.07) is 6.94. The minimum absolute atomic E-state index is 0.00375. The molecule has 1 aromatic carbocycles. The molecule has 0 bridgehead atoms. The van der Waals surface area contributed by atoms with Crippen molar-refractivity contribution >= 4 is 11.7 Å². The van der Waals surface area contributed by atoms with Crippen molar-refractivity contribution in [2.45, 2.75) is 12.5 Å². The number of anilines is 1. The first kappa shape index (κ1) is 10.3. The molecule has 0 fully saturated rings. The fourth-order valence-corrected chi connectivity index (χ4v) is 1.66. The van der Waals surface area contributed by atoms with Crippen LogP contribution in [0, 0.1) is 11.3 Å². The van der Waals surface area contributed by atoms with Crippen LogP contribution in [-0.2, 0) is 4.79 Å². The van der Waals surface area contributed by atoms with Gasteiger partial charge in [0.1, 0.15) is 12.7 Å². The topological polar surface area (TPSA) is 82.3 Å². The molecule has 16 heavy (non-hydrogen) atoms. The summed E-state index contributed by atoms with van der Waals surface area (Å²) in [6.07, 6.45) is -0.00375. The number of nitrogens with one attached hydrogen (secondary N) is 1. The van der Waals surface area contributed by atoms with Gasteiger partial charge in [-0.05, 0) is 12.1 Å². The van der Waals surface area contributed by atoms with Crippen LogP contribution in [0.5, 0.6) is 5.75 Å². The lowest BCUT2D eigenvalue weighted by molar-refractivity contribution is -0.137. The molecule has 82 valence electrons. The summed E-state index contributed by atoms with van der Waals surface area (Å²) in [5.74, 6) is -0.368. The highest BCUT2D eigenvalue weighted by molar-refractivity contribution is 5.70. The molecular formula is C11H10N2O3. The number of fused-ring (bicyclic) bond motifs is 1. The van der Waals surface area contributed by atoms with E-state index >= 15 is 0 Å². The fourth-order valence-electron chi connectivity index (χ4n) is 1.66. The third-order valence-corrected chi connectivity index (χ3v) is 2.34. The van der Waals surface area contributed by atoms with Crippen molar-refractivity contribution in [3.05, 3.63) is 23.8 Å². The maximum absolute atomic E-state index is 10.6. The number of para-hydroxylation sites is 1. The van der Waals surface area contributed by atoms with E-state index < -0.39 is 5.97 Å². The van der Waals surface area contributed by atoms with Gasteiger partial charge in [-0.2, -0.15) is 5.26 Å². The quantitative estimate of drug-likeness (QED) is 0.779. The number of carboxylic acids is 1. The number of ether oxygens (including phenoxy) is 1. The summed E-state index contributed by atoms with van der Waals surface area (Å²) in [4.78, 5) is 10.6. The monoisotopic (exact) mass is 218 g/mol. The van der Waals surface area contributed by atoms with Gasteiger partial charge in [-0.3, -0.25) is 4.79 Å². The largest absolute Gasteiger partial charge is 0.488 e. The molecule has 2 rings (SSSR count). The summed E-state index contributed by atoms with van der Waals surface area (Å²) < 4.78 is 5.41. The first-order valence-corrected chi connectivity index (χ1v) is 4.85. The van der Waals surface area contributed by atoms with Crippen LogP contribution in [0.25, 0.3) is 0 Å². The molecule has 0 saturated carbocycles. The number of aliphatic carboxylic acids is 1. The third-order valence-electron chi connectivity index (χ3n) is 2.34. The molecule has 0 radical (unpaired) electrons. The molecule has 0 aromatic heterocycles. The zero-order valence-corrected chi connectivity index (χ0v) is 8.43. The highest BCUT2D eigenvalue weighted by Crippen LogP contribution is 2.32. The number of nitrogens with zero attached hydrogens (tertiary/aromatic N) is 1. The number of nitriles is 1. The number of hydrogen-bond donors (Lipinski definition) is 2. The SMILES string of the molecule is N#Cc1cccc2c1OCC(CC(=O)O)N2. The number of carboxylic acid groups (broad SMARTS) is 1. The van der Waals surface area contributed by atoms with Crippen LogP contribution in [0.4, 0.5) is 5.69 Å². The van der Waals surface area contributed by atoms with Gasteiger partial charge in [-0.15, -0.1) is 0 Å². The molecule has 2 N–H and O–H groups in total. The van der Waals surface area contributed by atoms with Crippen molar-refractivity contribution in [1.29, 1.82) is 5.26 Å². The van der Waals surface area contributed by atoms with Crippen LogP contribution >= 0.6 is 0 Å². The van der Waals surface area contributed by atoms with Crippen molar-refractivity contribution in [2.24, 2.45) is 0 Å². The minimum atomic E-state index is -0.874. The molecule has 1 heterocycles. The molecule has 0 aliphatic carbocycles. The van der Waals surface area contributed by atoms with Crippen molar-refractivity contribution < 1.29 is 14.6 Å². The van der Waals surface area contributed by atoms with E-state index in [4.69, 9.17) is 15.1 Å². The van der Waals surface area contributed by atoms with E-state index in [1.54, 1.807) is 18.2 Å². The average Bonchev–Trinajstić information content (AvgIpc) is 2.27. The highest BCUT2D eigenvalue weighted by Gasteiger charge is 2.22. The Morgan fingerprint density at radius 2 is 2.50 bits per heavy atom. The maximum Gasteiger partial charge on any atom is 0.305 e. The van der Waals surface area contributed by atoms with Crippen molar-refractivity contribution in [3.8, 4) is 11.8 Å². The first-order chi connectivity index (χ1) is 7.70. The Bertz CT molecular complexity index is 465. The van der Waals surface area contributed by atoms with Crippen LogP contribution in [0.3, 0.4) is 0 Å². The first-order valence-electron chi connectivity index (χ1n) is 4.85. The minimum Gasteiger partial charge on any atom is -0.488 e. The number of rotatable bonds is 2. The van der Waals surface area contributed by atoms with Gasteiger partial charge in [0.05, 0.1) is 23.7 Å². The molecule has 1 atom stereocenters. The molecule has 1 aliphatic rings. The van der Waals surface area contributed by atoms with E-state index in [-0.39, 0.29) is 19.1 Å². The molecule has 1 aromatic rings. The summed E-state index contributed by atoms with van der Waals surface area (Å²) in [5.41, 5.74) is 1.13. The third kappa shape index (κ3) is 1.91. The Morgan fingerprint density at radius 1 is 1.69 bits per heavy atom. The number of hydrogen-bond acceptors (Lipinski definition) is 4. The van der Waals surface area contributed by atoms with Gasteiger partial charge >= 0.3 is 5.97 Å². The highest BCUT2D eigenvalue weighted by atomic mass is 16.5.